The summed E-state index contributed by atoms with van der Waals surface area (Å²) in [6, 6.07) is 0. The highest BCUT2D eigenvalue weighted by atomic mass is 16.3. The van der Waals surface area contributed by atoms with Crippen LogP contribution in [0.4, 0.5) is 0 Å². The highest BCUT2D eigenvalue weighted by Gasteiger charge is 2.41. The van der Waals surface area contributed by atoms with Crippen molar-refractivity contribution in [3.05, 3.63) is 11.1 Å². The van der Waals surface area contributed by atoms with Gasteiger partial charge in [-0.1, -0.05) is 18.1 Å². The van der Waals surface area contributed by atoms with Crippen molar-refractivity contribution < 1.29 is 5.11 Å². The quantitative estimate of drug-likeness (QED) is 0.568. The zero-order valence-corrected chi connectivity index (χ0v) is 8.77. The van der Waals surface area contributed by atoms with Gasteiger partial charge in [-0.3, -0.25) is 0 Å². The minimum absolute atomic E-state index is 0.0773. The number of aliphatic hydroxyl groups excluding tert-OH is 1. The van der Waals surface area contributed by atoms with Crippen LogP contribution in [0.5, 0.6) is 0 Å². The summed E-state index contributed by atoms with van der Waals surface area (Å²) in [5.41, 5.74) is 3.28. The molecule has 0 aromatic rings. The van der Waals surface area contributed by atoms with Gasteiger partial charge in [-0.25, -0.2) is 0 Å². The molecular weight excluding hydrogens is 160 g/mol. The Morgan fingerprint density at radius 3 is 2.77 bits per heavy atom. The molecule has 2 aliphatic carbocycles. The first-order valence-electron chi connectivity index (χ1n) is 5.52. The fraction of sp³-hybridized carbons (Fsp3) is 0.833. The van der Waals surface area contributed by atoms with Gasteiger partial charge in [0.2, 0.25) is 0 Å². The van der Waals surface area contributed by atoms with E-state index >= 15 is 0 Å². The first kappa shape index (κ1) is 9.26. The van der Waals surface area contributed by atoms with Gasteiger partial charge in [0.15, 0.2) is 0 Å². The maximum atomic E-state index is 10.0. The predicted molar refractivity (Wildman–Crippen MR) is 54.5 cm³/mol. The third-order valence-electron chi connectivity index (χ3n) is 4.09. The van der Waals surface area contributed by atoms with Crippen LogP contribution < -0.4 is 0 Å². The first-order chi connectivity index (χ1) is 6.14. The normalized spacial score (nSPS) is 40.4. The van der Waals surface area contributed by atoms with E-state index in [1.807, 2.05) is 0 Å². The monoisotopic (exact) mass is 180 g/mol. The Balaban J connectivity index is 2.37. The number of hydrogen-bond donors (Lipinski definition) is 1. The zero-order valence-electron chi connectivity index (χ0n) is 8.77. The maximum Gasteiger partial charge on any atom is 0.0631 e. The fourth-order valence-electron chi connectivity index (χ4n) is 3.17. The summed E-state index contributed by atoms with van der Waals surface area (Å²) in [5.74, 6) is 0. The Bertz CT molecular complexity index is 242. The van der Waals surface area contributed by atoms with Gasteiger partial charge >= 0.3 is 0 Å². The molecule has 13 heavy (non-hydrogen) atoms. The molecule has 0 bridgehead atoms. The summed E-state index contributed by atoms with van der Waals surface area (Å²) in [7, 11) is 0. The maximum absolute atomic E-state index is 10.0. The Kier molecular flexibility index (Phi) is 2.23. The third-order valence-corrected chi connectivity index (χ3v) is 4.09. The van der Waals surface area contributed by atoms with Crippen LogP contribution in [-0.2, 0) is 0 Å². The lowest BCUT2D eigenvalue weighted by Gasteiger charge is -2.45. The lowest BCUT2D eigenvalue weighted by molar-refractivity contribution is 0.0247. The van der Waals surface area contributed by atoms with Crippen molar-refractivity contribution in [2.24, 2.45) is 5.41 Å². The molecule has 0 saturated heterocycles. The average Bonchev–Trinajstić information content (AvgIpc) is 2.08. The summed E-state index contributed by atoms with van der Waals surface area (Å²) in [6.45, 7) is 4.51. The molecule has 1 saturated carbocycles. The van der Waals surface area contributed by atoms with E-state index in [2.05, 4.69) is 13.8 Å². The fourth-order valence-corrected chi connectivity index (χ4v) is 3.17. The molecule has 0 aromatic carbocycles. The van der Waals surface area contributed by atoms with E-state index in [-0.39, 0.29) is 11.5 Å². The largest absolute Gasteiger partial charge is 0.392 e. The second-order valence-electron chi connectivity index (χ2n) is 4.94. The summed E-state index contributed by atoms with van der Waals surface area (Å²) in [5, 5.41) is 10.0. The average molecular weight is 180 g/mol. The third kappa shape index (κ3) is 1.34. The van der Waals surface area contributed by atoms with E-state index in [1.165, 1.54) is 32.1 Å². The summed E-state index contributed by atoms with van der Waals surface area (Å²) >= 11 is 0. The second kappa shape index (κ2) is 3.13. The van der Waals surface area contributed by atoms with Crippen LogP contribution in [0, 0.1) is 5.41 Å². The van der Waals surface area contributed by atoms with Gasteiger partial charge in [0, 0.05) is 5.41 Å². The van der Waals surface area contributed by atoms with Gasteiger partial charge in [0.25, 0.3) is 0 Å². The molecule has 1 heteroatoms. The zero-order chi connectivity index (χ0) is 9.47. The Hall–Kier alpha value is -0.300. The summed E-state index contributed by atoms with van der Waals surface area (Å²) < 4.78 is 0. The minimum atomic E-state index is -0.0773. The molecule has 1 nitrogen and oxygen atoms in total. The van der Waals surface area contributed by atoms with Crippen LogP contribution >= 0.6 is 0 Å². The lowest BCUT2D eigenvalue weighted by atomic mass is 9.62. The van der Waals surface area contributed by atoms with Gasteiger partial charge < -0.3 is 5.11 Å². The molecule has 0 spiro atoms. The van der Waals surface area contributed by atoms with Gasteiger partial charge in [-0.2, -0.15) is 0 Å². The Labute approximate surface area is 80.8 Å². The number of aliphatic hydroxyl groups is 1. The van der Waals surface area contributed by atoms with E-state index in [4.69, 9.17) is 0 Å². The second-order valence-corrected chi connectivity index (χ2v) is 4.94. The molecule has 0 heterocycles. The van der Waals surface area contributed by atoms with Crippen molar-refractivity contribution in [3.8, 4) is 0 Å². The van der Waals surface area contributed by atoms with E-state index in [1.54, 1.807) is 11.1 Å². The van der Waals surface area contributed by atoms with Gasteiger partial charge in [0.1, 0.15) is 0 Å². The first-order valence-corrected chi connectivity index (χ1v) is 5.52. The van der Waals surface area contributed by atoms with Crippen LogP contribution in [0.25, 0.3) is 0 Å². The minimum Gasteiger partial charge on any atom is -0.392 e. The van der Waals surface area contributed by atoms with Crippen molar-refractivity contribution in [1.82, 2.24) is 0 Å². The molecular formula is C12H20O. The molecule has 2 aliphatic rings. The van der Waals surface area contributed by atoms with E-state index in [0.717, 1.165) is 6.42 Å². The number of rotatable bonds is 0. The summed E-state index contributed by atoms with van der Waals surface area (Å²) in [6.07, 6.45) is 7.07. The number of hydrogen-bond acceptors (Lipinski definition) is 1. The van der Waals surface area contributed by atoms with Gasteiger partial charge in [-0.05, 0) is 45.4 Å². The molecule has 2 rings (SSSR count). The molecule has 2 atom stereocenters. The van der Waals surface area contributed by atoms with E-state index < -0.39 is 0 Å². The SMILES string of the molecule is CC1=C2CCCC(O)C2(C)CCC1. The molecule has 0 aliphatic heterocycles. The molecule has 0 aromatic heterocycles. The van der Waals surface area contributed by atoms with Crippen molar-refractivity contribution in [1.29, 1.82) is 0 Å². The molecule has 1 N–H and O–H groups in total. The Morgan fingerprint density at radius 2 is 2.08 bits per heavy atom. The van der Waals surface area contributed by atoms with Crippen molar-refractivity contribution in [3.63, 3.8) is 0 Å². The highest BCUT2D eigenvalue weighted by Crippen LogP contribution is 2.49. The van der Waals surface area contributed by atoms with Crippen molar-refractivity contribution in [2.75, 3.05) is 0 Å². The topological polar surface area (TPSA) is 20.2 Å². The Morgan fingerprint density at radius 1 is 1.31 bits per heavy atom. The van der Waals surface area contributed by atoms with Crippen LogP contribution in [0.15, 0.2) is 11.1 Å². The number of allylic oxidation sites excluding steroid dienone is 1. The molecule has 1 fully saturated rings. The van der Waals surface area contributed by atoms with Crippen LogP contribution in [-0.4, -0.2) is 11.2 Å². The van der Waals surface area contributed by atoms with Gasteiger partial charge in [-0.15, -0.1) is 0 Å². The smallest absolute Gasteiger partial charge is 0.0631 e. The highest BCUT2D eigenvalue weighted by molar-refractivity contribution is 5.26. The standard InChI is InChI=1S/C12H20O/c1-9-5-4-8-12(2)10(9)6-3-7-11(12)13/h11,13H,3-8H2,1-2H3. The van der Waals surface area contributed by atoms with E-state index in [0.29, 0.717) is 0 Å². The summed E-state index contributed by atoms with van der Waals surface area (Å²) in [4.78, 5) is 0. The lowest BCUT2D eigenvalue weighted by Crippen LogP contribution is -2.39. The molecule has 0 radical (unpaired) electrons. The van der Waals surface area contributed by atoms with Crippen LogP contribution in [0.2, 0.25) is 0 Å². The molecule has 2 unspecified atom stereocenters. The predicted octanol–water partition coefficient (Wildman–Crippen LogP) is 3.04. The van der Waals surface area contributed by atoms with Crippen LogP contribution in [0.3, 0.4) is 0 Å². The van der Waals surface area contributed by atoms with E-state index in [9.17, 15) is 5.11 Å². The molecule has 74 valence electrons. The van der Waals surface area contributed by atoms with Crippen molar-refractivity contribution >= 4 is 0 Å². The van der Waals surface area contributed by atoms with Crippen molar-refractivity contribution in [2.45, 2.75) is 58.5 Å². The molecule has 0 amide bonds. The van der Waals surface area contributed by atoms with Gasteiger partial charge in [0.05, 0.1) is 6.10 Å². The number of fused-ring (bicyclic) bond motifs is 1. The van der Waals surface area contributed by atoms with Crippen LogP contribution in [0.1, 0.15) is 52.4 Å².